The zero-order chi connectivity index (χ0) is 17.3. The number of benzene rings is 1. The largest absolute Gasteiger partial charge is 0.326 e. The van der Waals surface area contributed by atoms with Crippen molar-refractivity contribution in [2.75, 3.05) is 5.32 Å². The average Bonchev–Trinajstić information content (AvgIpc) is 2.94. The minimum Gasteiger partial charge on any atom is -0.326 e. The maximum atomic E-state index is 12.4. The van der Waals surface area contributed by atoms with E-state index >= 15 is 0 Å². The molecule has 3 rings (SSSR count). The monoisotopic (exact) mass is 365 g/mol. The molecule has 24 heavy (non-hydrogen) atoms. The summed E-state index contributed by atoms with van der Waals surface area (Å²) in [6.07, 6.45) is 1.78. The number of nitrogens with one attached hydrogen (secondary N) is 2. The number of carbonyl (C=O) groups is 1. The third-order valence-electron chi connectivity index (χ3n) is 3.48. The first kappa shape index (κ1) is 16.5. The van der Waals surface area contributed by atoms with Crippen LogP contribution in [0.3, 0.4) is 0 Å². The highest BCUT2D eigenvalue weighted by Gasteiger charge is 2.13. The molecule has 0 fully saturated rings. The van der Waals surface area contributed by atoms with E-state index in [1.54, 1.807) is 25.1 Å². The standard InChI is InChI=1S/C15H13Cl2N5O2/c1-8-12(14(24)22-15(20-8)18-7-19-22)2-3-13(23)21-11-5-9(16)4-10(17)6-11/h4-7H,2-3H2,1H3,(H,21,23)(H,18,19,20). The number of anilines is 1. The molecule has 9 heteroatoms. The summed E-state index contributed by atoms with van der Waals surface area (Å²) in [5.74, 6) is 0.0566. The number of rotatable bonds is 4. The Hall–Kier alpha value is -2.38. The van der Waals surface area contributed by atoms with E-state index in [2.05, 4.69) is 20.4 Å². The van der Waals surface area contributed by atoms with Crippen LogP contribution >= 0.6 is 23.2 Å². The van der Waals surface area contributed by atoms with Gasteiger partial charge in [0, 0.05) is 27.7 Å². The Kier molecular flexibility index (Phi) is 4.55. The molecule has 0 aliphatic carbocycles. The van der Waals surface area contributed by atoms with Crippen LogP contribution in [0.4, 0.5) is 5.69 Å². The number of aromatic amines is 1. The maximum Gasteiger partial charge on any atom is 0.277 e. The van der Waals surface area contributed by atoms with Crippen LogP contribution in [0.5, 0.6) is 0 Å². The molecule has 0 saturated heterocycles. The van der Waals surface area contributed by atoms with Gasteiger partial charge >= 0.3 is 0 Å². The fourth-order valence-electron chi connectivity index (χ4n) is 2.37. The summed E-state index contributed by atoms with van der Waals surface area (Å²) < 4.78 is 1.25. The molecule has 0 spiro atoms. The van der Waals surface area contributed by atoms with Gasteiger partial charge in [-0.3, -0.25) is 14.7 Å². The number of H-pyrrole nitrogens is 1. The van der Waals surface area contributed by atoms with Gasteiger partial charge in [-0.2, -0.15) is 4.52 Å². The Bertz CT molecular complexity index is 959. The molecular weight excluding hydrogens is 353 g/mol. The molecule has 0 radical (unpaired) electrons. The summed E-state index contributed by atoms with van der Waals surface area (Å²) in [7, 11) is 0. The van der Waals surface area contributed by atoms with Gasteiger partial charge in [0.2, 0.25) is 5.91 Å². The Labute approximate surface area is 146 Å². The SMILES string of the molecule is Cc1nc2nc[nH]n2c(=O)c1CCC(=O)Nc1cc(Cl)cc(Cl)c1. The van der Waals surface area contributed by atoms with E-state index in [0.717, 1.165) is 0 Å². The van der Waals surface area contributed by atoms with E-state index in [1.165, 1.54) is 10.8 Å². The van der Waals surface area contributed by atoms with Crippen LogP contribution in [-0.2, 0) is 11.2 Å². The summed E-state index contributed by atoms with van der Waals surface area (Å²) in [6.45, 7) is 1.72. The first-order chi connectivity index (χ1) is 11.4. The second-order valence-corrected chi connectivity index (χ2v) is 6.08. The molecule has 0 aliphatic heterocycles. The number of aromatic nitrogens is 4. The zero-order valence-electron chi connectivity index (χ0n) is 12.6. The highest BCUT2D eigenvalue weighted by atomic mass is 35.5. The molecule has 7 nitrogen and oxygen atoms in total. The normalized spacial score (nSPS) is 11.0. The van der Waals surface area contributed by atoms with Crippen molar-refractivity contribution in [3.63, 3.8) is 0 Å². The molecule has 2 aromatic heterocycles. The molecule has 0 atom stereocenters. The zero-order valence-corrected chi connectivity index (χ0v) is 14.1. The van der Waals surface area contributed by atoms with Crippen molar-refractivity contribution in [1.29, 1.82) is 0 Å². The number of carbonyl (C=O) groups excluding carboxylic acids is 1. The van der Waals surface area contributed by atoms with Crippen molar-refractivity contribution in [3.8, 4) is 0 Å². The fraction of sp³-hybridized carbons (Fsp3) is 0.200. The van der Waals surface area contributed by atoms with Gasteiger partial charge in [-0.15, -0.1) is 0 Å². The minimum atomic E-state index is -0.256. The molecular formula is C15H13Cl2N5O2. The Morgan fingerprint density at radius 1 is 1.29 bits per heavy atom. The topological polar surface area (TPSA) is 92.2 Å². The summed E-state index contributed by atoms with van der Waals surface area (Å²) >= 11 is 11.8. The van der Waals surface area contributed by atoms with Gasteiger partial charge in [0.1, 0.15) is 6.33 Å². The minimum absolute atomic E-state index is 0.127. The third kappa shape index (κ3) is 3.42. The maximum absolute atomic E-state index is 12.4. The second kappa shape index (κ2) is 6.62. The predicted octanol–water partition coefficient (Wildman–Crippen LogP) is 2.60. The molecule has 1 aromatic carbocycles. The predicted molar refractivity (Wildman–Crippen MR) is 91.8 cm³/mol. The molecule has 0 bridgehead atoms. The number of hydrogen-bond donors (Lipinski definition) is 2. The summed E-state index contributed by atoms with van der Waals surface area (Å²) in [6, 6.07) is 4.78. The summed E-state index contributed by atoms with van der Waals surface area (Å²) in [5, 5.41) is 6.27. The number of aryl methyl sites for hydroxylation is 1. The van der Waals surface area contributed by atoms with Crippen LogP contribution in [0.15, 0.2) is 29.3 Å². The molecule has 3 aromatic rings. The first-order valence-corrected chi connectivity index (χ1v) is 7.87. The molecule has 0 saturated carbocycles. The van der Waals surface area contributed by atoms with E-state index in [1.807, 2.05) is 0 Å². The van der Waals surface area contributed by atoms with Crippen LogP contribution in [0.2, 0.25) is 10.0 Å². The van der Waals surface area contributed by atoms with E-state index in [0.29, 0.717) is 32.8 Å². The van der Waals surface area contributed by atoms with Crippen molar-refractivity contribution in [3.05, 3.63) is 56.2 Å². The lowest BCUT2D eigenvalue weighted by molar-refractivity contribution is -0.116. The average molecular weight is 366 g/mol. The van der Waals surface area contributed by atoms with Crippen molar-refractivity contribution >= 4 is 40.6 Å². The van der Waals surface area contributed by atoms with Crippen LogP contribution in [0.1, 0.15) is 17.7 Å². The van der Waals surface area contributed by atoms with Crippen LogP contribution in [-0.4, -0.2) is 25.5 Å². The summed E-state index contributed by atoms with van der Waals surface area (Å²) in [5.41, 5.74) is 1.28. The van der Waals surface area contributed by atoms with E-state index in [-0.39, 0.29) is 24.3 Å². The third-order valence-corrected chi connectivity index (χ3v) is 3.92. The fourth-order valence-corrected chi connectivity index (χ4v) is 2.90. The molecule has 0 aliphatic rings. The van der Waals surface area contributed by atoms with E-state index in [9.17, 15) is 9.59 Å². The molecule has 0 unspecified atom stereocenters. The Balaban J connectivity index is 1.73. The number of nitrogens with zero attached hydrogens (tertiary/aromatic N) is 3. The molecule has 1 amide bonds. The molecule has 124 valence electrons. The van der Waals surface area contributed by atoms with Crippen molar-refractivity contribution in [2.45, 2.75) is 19.8 Å². The van der Waals surface area contributed by atoms with Crippen LogP contribution in [0.25, 0.3) is 5.78 Å². The van der Waals surface area contributed by atoms with Gasteiger partial charge in [0.15, 0.2) is 0 Å². The number of fused-ring (bicyclic) bond motifs is 1. The molecule has 2 N–H and O–H groups in total. The quantitative estimate of drug-likeness (QED) is 0.743. The smallest absolute Gasteiger partial charge is 0.277 e. The van der Waals surface area contributed by atoms with Gasteiger partial charge in [-0.05, 0) is 31.5 Å². The van der Waals surface area contributed by atoms with Crippen molar-refractivity contribution in [2.24, 2.45) is 0 Å². The Morgan fingerprint density at radius 2 is 2.00 bits per heavy atom. The van der Waals surface area contributed by atoms with Gasteiger partial charge in [-0.1, -0.05) is 23.2 Å². The van der Waals surface area contributed by atoms with Crippen LogP contribution < -0.4 is 10.9 Å². The van der Waals surface area contributed by atoms with Crippen molar-refractivity contribution < 1.29 is 4.79 Å². The highest BCUT2D eigenvalue weighted by molar-refractivity contribution is 6.35. The lowest BCUT2D eigenvalue weighted by Crippen LogP contribution is -2.23. The lowest BCUT2D eigenvalue weighted by Gasteiger charge is -2.07. The van der Waals surface area contributed by atoms with Gasteiger partial charge in [0.25, 0.3) is 11.3 Å². The van der Waals surface area contributed by atoms with Crippen LogP contribution in [0, 0.1) is 6.92 Å². The number of hydrogen-bond acceptors (Lipinski definition) is 4. The van der Waals surface area contributed by atoms with E-state index < -0.39 is 0 Å². The highest BCUT2D eigenvalue weighted by Crippen LogP contribution is 2.22. The van der Waals surface area contributed by atoms with Gasteiger partial charge in [0.05, 0.1) is 5.69 Å². The second-order valence-electron chi connectivity index (χ2n) is 5.21. The Morgan fingerprint density at radius 3 is 2.71 bits per heavy atom. The molecule has 2 heterocycles. The van der Waals surface area contributed by atoms with Gasteiger partial charge in [-0.25, -0.2) is 9.97 Å². The number of halogens is 2. The first-order valence-electron chi connectivity index (χ1n) is 7.11. The van der Waals surface area contributed by atoms with Crippen molar-refractivity contribution in [1.82, 2.24) is 19.6 Å². The number of amides is 1. The lowest BCUT2D eigenvalue weighted by atomic mass is 10.1. The van der Waals surface area contributed by atoms with Gasteiger partial charge < -0.3 is 5.32 Å². The summed E-state index contributed by atoms with van der Waals surface area (Å²) in [4.78, 5) is 32.6. The van der Waals surface area contributed by atoms with E-state index in [4.69, 9.17) is 23.2 Å².